The van der Waals surface area contributed by atoms with Crippen molar-refractivity contribution in [2.24, 2.45) is 0 Å². The van der Waals surface area contributed by atoms with E-state index in [2.05, 4.69) is 0 Å². The second kappa shape index (κ2) is 8.45. The van der Waals surface area contributed by atoms with Crippen LogP contribution in [-0.4, -0.2) is 48.7 Å². The van der Waals surface area contributed by atoms with Crippen LogP contribution >= 0.6 is 14.7 Å². The summed E-state index contributed by atoms with van der Waals surface area (Å²) in [5, 5.41) is 0. The molecule has 13 heavy (non-hydrogen) atoms. The molecule has 0 fully saturated rings. The van der Waals surface area contributed by atoms with Gasteiger partial charge in [-0.15, -0.1) is 0 Å². The molecule has 0 saturated carbocycles. The second-order valence-corrected chi connectivity index (χ2v) is 7.98. The first kappa shape index (κ1) is 19.7. The molecule has 0 aromatic heterocycles. The molecular formula is C6H16MgO4P2. The van der Waals surface area contributed by atoms with Crippen LogP contribution < -0.4 is 9.79 Å². The molecule has 0 aromatic carbocycles. The molecule has 4 nitrogen and oxygen atoms in total. The van der Waals surface area contributed by atoms with Crippen molar-refractivity contribution in [3.63, 3.8) is 0 Å². The van der Waals surface area contributed by atoms with Gasteiger partial charge >= 0.3 is 23.1 Å². The van der Waals surface area contributed by atoms with Crippen molar-refractivity contribution < 1.29 is 18.9 Å². The average molecular weight is 238 g/mol. The third-order valence-corrected chi connectivity index (χ3v) is 3.45. The van der Waals surface area contributed by atoms with Crippen LogP contribution in [0.15, 0.2) is 0 Å². The Morgan fingerprint density at radius 2 is 1.00 bits per heavy atom. The molecule has 0 aromatic rings. The predicted molar refractivity (Wildman–Crippen MR) is 53.9 cm³/mol. The van der Waals surface area contributed by atoms with Crippen LogP contribution in [-0.2, 0) is 9.13 Å². The van der Waals surface area contributed by atoms with Gasteiger partial charge in [-0.3, -0.25) is 0 Å². The van der Waals surface area contributed by atoms with Gasteiger partial charge in [-0.05, 0) is 25.7 Å². The van der Waals surface area contributed by atoms with E-state index >= 15 is 0 Å². The Kier molecular flexibility index (Phi) is 12.8. The minimum Gasteiger partial charge on any atom is -0.799 e. The molecule has 0 amide bonds. The van der Waals surface area contributed by atoms with Crippen LogP contribution in [0.3, 0.4) is 0 Å². The summed E-state index contributed by atoms with van der Waals surface area (Å²) in [5.74, 6) is 0. The summed E-state index contributed by atoms with van der Waals surface area (Å²) in [6.07, 6.45) is 0.542. The minimum atomic E-state index is -2.90. The van der Waals surface area contributed by atoms with Crippen molar-refractivity contribution >= 4 is 37.8 Å². The summed E-state index contributed by atoms with van der Waals surface area (Å²) in [5.41, 5.74) is 0. The van der Waals surface area contributed by atoms with Crippen molar-refractivity contribution in [3.8, 4) is 0 Å². The molecule has 2 unspecified atom stereocenters. The van der Waals surface area contributed by atoms with E-state index in [1.807, 2.05) is 0 Å². The van der Waals surface area contributed by atoms with E-state index < -0.39 is 14.7 Å². The molecule has 7 heteroatoms. The Hall–Kier alpha value is 1.15. The van der Waals surface area contributed by atoms with Gasteiger partial charge in [-0.1, -0.05) is 13.8 Å². The van der Waals surface area contributed by atoms with Crippen molar-refractivity contribution in [1.82, 2.24) is 0 Å². The van der Waals surface area contributed by atoms with Crippen molar-refractivity contribution in [2.75, 3.05) is 25.7 Å². The van der Waals surface area contributed by atoms with Gasteiger partial charge in [-0.2, -0.15) is 0 Å². The van der Waals surface area contributed by atoms with E-state index in [0.717, 1.165) is 0 Å². The fourth-order valence-electron chi connectivity index (χ4n) is 0. The molecule has 0 bridgehead atoms. The summed E-state index contributed by atoms with van der Waals surface area (Å²) in [6, 6.07) is 0. The first-order chi connectivity index (χ1) is 5.12. The predicted octanol–water partition coefficient (Wildman–Crippen LogP) is 0.168. The Morgan fingerprint density at radius 3 is 1.00 bits per heavy atom. The van der Waals surface area contributed by atoms with E-state index in [4.69, 9.17) is 0 Å². The maximum Gasteiger partial charge on any atom is 2.00 e. The fourth-order valence-corrected chi connectivity index (χ4v) is 0. The first-order valence-corrected chi connectivity index (χ1v) is 8.19. The second-order valence-electron chi connectivity index (χ2n) is 2.66. The van der Waals surface area contributed by atoms with Crippen LogP contribution in [0.25, 0.3) is 0 Å². The van der Waals surface area contributed by atoms with Crippen LogP contribution in [0.1, 0.15) is 13.8 Å². The number of rotatable bonds is 2. The quantitative estimate of drug-likeness (QED) is 0.507. The number of hydrogen-bond donors (Lipinski definition) is 0. The molecule has 0 aliphatic carbocycles. The van der Waals surface area contributed by atoms with Crippen LogP contribution in [0.2, 0.25) is 0 Å². The Balaban J connectivity index is -0.000000143. The third-order valence-electron chi connectivity index (χ3n) is 1.15. The van der Waals surface area contributed by atoms with E-state index in [1.165, 1.54) is 13.3 Å². The largest absolute Gasteiger partial charge is 2.00 e. The Morgan fingerprint density at radius 1 is 0.923 bits per heavy atom. The zero-order chi connectivity index (χ0) is 10.4. The average Bonchev–Trinajstić information content (AvgIpc) is 1.86. The van der Waals surface area contributed by atoms with Crippen LogP contribution in [0.4, 0.5) is 0 Å². The SMILES string of the molecule is CCP(C)(=O)[O-].CCP(C)(=O)[O-].[Mg+2]. The molecule has 2 atom stereocenters. The molecular weight excluding hydrogens is 222 g/mol. The molecule has 0 saturated heterocycles. The molecule has 76 valence electrons. The minimum absolute atomic E-state index is 0. The van der Waals surface area contributed by atoms with Crippen molar-refractivity contribution in [2.45, 2.75) is 13.8 Å². The Labute approximate surface area is 96.2 Å². The summed E-state index contributed by atoms with van der Waals surface area (Å²) < 4.78 is 20.1. The van der Waals surface area contributed by atoms with E-state index in [1.54, 1.807) is 13.8 Å². The van der Waals surface area contributed by atoms with Gasteiger partial charge in [0.2, 0.25) is 0 Å². The topological polar surface area (TPSA) is 80.3 Å². The monoisotopic (exact) mass is 238 g/mol. The summed E-state index contributed by atoms with van der Waals surface area (Å²) in [4.78, 5) is 20.1. The Bertz CT molecular complexity index is 173. The van der Waals surface area contributed by atoms with Gasteiger partial charge in [0, 0.05) is 14.7 Å². The van der Waals surface area contributed by atoms with Crippen LogP contribution in [0.5, 0.6) is 0 Å². The fraction of sp³-hybridized carbons (Fsp3) is 1.00. The van der Waals surface area contributed by atoms with Crippen molar-refractivity contribution in [3.05, 3.63) is 0 Å². The van der Waals surface area contributed by atoms with E-state index in [9.17, 15) is 18.9 Å². The third kappa shape index (κ3) is 32.0. The molecule has 0 aliphatic rings. The maximum atomic E-state index is 10.0. The molecule has 0 heterocycles. The molecule has 0 N–H and O–H groups in total. The van der Waals surface area contributed by atoms with E-state index in [-0.39, 0.29) is 35.4 Å². The molecule has 0 radical (unpaired) electrons. The number of hydrogen-bond acceptors (Lipinski definition) is 4. The van der Waals surface area contributed by atoms with Gasteiger partial charge in [-0.25, -0.2) is 0 Å². The van der Waals surface area contributed by atoms with Gasteiger partial charge in [0.25, 0.3) is 0 Å². The summed E-state index contributed by atoms with van der Waals surface area (Å²) in [7, 11) is -5.79. The van der Waals surface area contributed by atoms with Crippen LogP contribution in [0, 0.1) is 0 Å². The summed E-state index contributed by atoms with van der Waals surface area (Å²) >= 11 is 0. The summed E-state index contributed by atoms with van der Waals surface area (Å²) in [6.45, 7) is 5.75. The van der Waals surface area contributed by atoms with Gasteiger partial charge in [0.1, 0.15) is 0 Å². The smallest absolute Gasteiger partial charge is 0.799 e. The standard InChI is InChI=1S/2C3H9O2P.Mg/c2*1-3-6(2,4)5;/h2*3H2,1-2H3,(H,4,5);/q;;+2/p-2. The normalized spacial score (nSPS) is 18.3. The first-order valence-electron chi connectivity index (χ1n) is 3.67. The maximum absolute atomic E-state index is 10.0. The van der Waals surface area contributed by atoms with Gasteiger partial charge < -0.3 is 18.9 Å². The zero-order valence-corrected chi connectivity index (χ0v) is 11.9. The molecule has 0 aliphatic heterocycles. The van der Waals surface area contributed by atoms with Gasteiger partial charge in [0.05, 0.1) is 0 Å². The zero-order valence-electron chi connectivity index (χ0n) is 8.65. The van der Waals surface area contributed by atoms with Crippen molar-refractivity contribution in [1.29, 1.82) is 0 Å². The van der Waals surface area contributed by atoms with E-state index in [0.29, 0.717) is 0 Å². The molecule has 0 spiro atoms. The molecule has 0 rings (SSSR count). The van der Waals surface area contributed by atoms with Gasteiger partial charge in [0.15, 0.2) is 0 Å².